The number of sulfonamides is 1. The number of rotatable bonds is 1. The second-order valence-electron chi connectivity index (χ2n) is 2.24. The van der Waals surface area contributed by atoms with E-state index in [1.54, 1.807) is 12.2 Å². The van der Waals surface area contributed by atoms with E-state index in [1.807, 2.05) is 0 Å². The van der Waals surface area contributed by atoms with Gasteiger partial charge in [-0.25, -0.2) is 17.8 Å². The molecule has 2 N–H and O–H groups in total. The Balaban J connectivity index is 3.16. The van der Waals surface area contributed by atoms with Crippen molar-refractivity contribution in [3.63, 3.8) is 0 Å². The van der Waals surface area contributed by atoms with Gasteiger partial charge < -0.3 is 0 Å². The molecule has 1 aliphatic carbocycles. The van der Waals surface area contributed by atoms with E-state index in [2.05, 4.69) is 0 Å². The summed E-state index contributed by atoms with van der Waals surface area (Å²) in [5.41, 5.74) is 0. The zero-order chi connectivity index (χ0) is 9.19. The summed E-state index contributed by atoms with van der Waals surface area (Å²) in [6.45, 7) is 0. The van der Waals surface area contributed by atoms with Crippen LogP contribution in [0.25, 0.3) is 0 Å². The highest BCUT2D eigenvalue weighted by molar-refractivity contribution is 7.91. The van der Waals surface area contributed by atoms with Crippen molar-refractivity contribution in [2.45, 2.75) is 5.25 Å². The highest BCUT2D eigenvalue weighted by Crippen LogP contribution is 2.06. The van der Waals surface area contributed by atoms with Gasteiger partial charge in [0, 0.05) is 0 Å². The fraction of sp³-hybridized carbons (Fsp3) is 0.167. The first-order valence-electron chi connectivity index (χ1n) is 3.09. The molecule has 66 valence electrons. The molecule has 1 aliphatic rings. The maximum absolute atomic E-state index is 10.9. The molecule has 6 heteroatoms. The third-order valence-electron chi connectivity index (χ3n) is 1.39. The monoisotopic (exact) mass is 205 g/mol. The van der Waals surface area contributed by atoms with Crippen LogP contribution in [0.15, 0.2) is 24.3 Å². The summed E-state index contributed by atoms with van der Waals surface area (Å²) < 4.78 is 32.2. The second-order valence-corrected chi connectivity index (χ2v) is 4.56. The van der Waals surface area contributed by atoms with Crippen molar-refractivity contribution < 1.29 is 12.6 Å². The zero-order valence-electron chi connectivity index (χ0n) is 6.01. The molecular formula is C6H7NO3S2. The van der Waals surface area contributed by atoms with Gasteiger partial charge >= 0.3 is 0 Å². The Bertz CT molecular complexity index is 387. The lowest BCUT2D eigenvalue weighted by Gasteiger charge is -2.10. The predicted molar refractivity (Wildman–Crippen MR) is 48.3 cm³/mol. The lowest BCUT2D eigenvalue weighted by atomic mass is 10.2. The number of allylic oxidation sites excluding steroid dienone is 3. The summed E-state index contributed by atoms with van der Waals surface area (Å²) in [6.07, 6.45) is 5.99. The highest BCUT2D eigenvalue weighted by Gasteiger charge is 2.23. The van der Waals surface area contributed by atoms with Crippen molar-refractivity contribution in [2.24, 2.45) is 5.14 Å². The van der Waals surface area contributed by atoms with Crippen LogP contribution < -0.4 is 5.14 Å². The van der Waals surface area contributed by atoms with Gasteiger partial charge in [-0.1, -0.05) is 18.2 Å². The molecule has 0 aromatic carbocycles. The van der Waals surface area contributed by atoms with Crippen molar-refractivity contribution in [3.05, 3.63) is 24.3 Å². The minimum atomic E-state index is -3.68. The first kappa shape index (κ1) is 9.37. The summed E-state index contributed by atoms with van der Waals surface area (Å²) >= 11 is 0.150. The summed E-state index contributed by atoms with van der Waals surface area (Å²) in [5, 5.41) is 3.92. The molecule has 0 aromatic rings. The van der Waals surface area contributed by atoms with Crippen LogP contribution >= 0.6 is 0 Å². The fourth-order valence-electron chi connectivity index (χ4n) is 0.852. The quantitative estimate of drug-likeness (QED) is 0.567. The van der Waals surface area contributed by atoms with Crippen LogP contribution in [0.5, 0.6) is 0 Å². The molecule has 0 aliphatic heterocycles. The molecule has 12 heavy (non-hydrogen) atoms. The average molecular weight is 205 g/mol. The van der Waals surface area contributed by atoms with Crippen LogP contribution in [0.3, 0.4) is 0 Å². The van der Waals surface area contributed by atoms with E-state index in [0.717, 1.165) is 0 Å². The predicted octanol–water partition coefficient (Wildman–Crippen LogP) is -0.845. The van der Waals surface area contributed by atoms with Gasteiger partial charge in [-0.15, -0.1) is 0 Å². The molecule has 0 bridgehead atoms. The first-order valence-corrected chi connectivity index (χ1v) is 5.44. The Morgan fingerprint density at radius 3 is 2.50 bits per heavy atom. The molecule has 0 saturated carbocycles. The number of hydrogen-bond acceptors (Lipinski definition) is 3. The standard InChI is InChI=1S/C6H7NO3S2/c7-12(9,10)6-4-2-1-3-5(6)11-8/h1-4,6H,(H2,7,9,10). The molecule has 1 atom stereocenters. The molecular weight excluding hydrogens is 198 g/mol. The zero-order valence-corrected chi connectivity index (χ0v) is 7.64. The van der Waals surface area contributed by atoms with Crippen LogP contribution in [0.1, 0.15) is 0 Å². The molecule has 0 spiro atoms. The topological polar surface area (TPSA) is 77.2 Å². The smallest absolute Gasteiger partial charge is 0.220 e. The Kier molecular flexibility index (Phi) is 2.61. The number of primary sulfonamides is 1. The lowest BCUT2D eigenvalue weighted by molar-refractivity contribution is 0.597. The summed E-state index contributed by atoms with van der Waals surface area (Å²) in [7, 11) is -3.68. The molecule has 0 radical (unpaired) electrons. The van der Waals surface area contributed by atoms with Crippen molar-refractivity contribution in [1.82, 2.24) is 0 Å². The summed E-state index contributed by atoms with van der Waals surface area (Å²) in [6, 6.07) is 0. The Morgan fingerprint density at radius 1 is 1.42 bits per heavy atom. The molecule has 0 saturated heterocycles. The van der Waals surface area contributed by atoms with E-state index in [1.165, 1.54) is 12.2 Å². The second kappa shape index (κ2) is 3.34. The van der Waals surface area contributed by atoms with Gasteiger partial charge in [0.05, 0.1) is 16.1 Å². The van der Waals surface area contributed by atoms with E-state index in [4.69, 9.17) is 5.14 Å². The van der Waals surface area contributed by atoms with Gasteiger partial charge in [0.2, 0.25) is 10.0 Å². The maximum Gasteiger partial charge on any atom is 0.220 e. The van der Waals surface area contributed by atoms with Gasteiger partial charge in [0.25, 0.3) is 0 Å². The third kappa shape index (κ3) is 1.90. The normalized spacial score (nSPS) is 22.8. The molecule has 4 nitrogen and oxygen atoms in total. The molecule has 0 amide bonds. The third-order valence-corrected chi connectivity index (χ3v) is 3.24. The van der Waals surface area contributed by atoms with Crippen LogP contribution in [0.4, 0.5) is 0 Å². The van der Waals surface area contributed by atoms with Crippen LogP contribution in [-0.4, -0.2) is 22.7 Å². The number of nitrogens with two attached hydrogens (primary N) is 1. The van der Waals surface area contributed by atoms with Crippen LogP contribution in [0.2, 0.25) is 0 Å². The number of hydrogen-bond donors (Lipinski definition) is 1. The van der Waals surface area contributed by atoms with Gasteiger partial charge in [-0.2, -0.15) is 0 Å². The SMILES string of the molecule is NS(=O)(=O)C1C=CC=CC1=S=O. The largest absolute Gasteiger partial charge is 0.228 e. The molecule has 1 unspecified atom stereocenters. The highest BCUT2D eigenvalue weighted by atomic mass is 32.2. The van der Waals surface area contributed by atoms with E-state index >= 15 is 0 Å². The van der Waals surface area contributed by atoms with Crippen LogP contribution in [-0.2, 0) is 21.3 Å². The lowest BCUT2D eigenvalue weighted by Crippen LogP contribution is -2.33. The minimum Gasteiger partial charge on any atom is -0.228 e. The van der Waals surface area contributed by atoms with Gasteiger partial charge in [0.1, 0.15) is 5.25 Å². The molecule has 0 aromatic heterocycles. The minimum absolute atomic E-state index is 0.150. The summed E-state index contributed by atoms with van der Waals surface area (Å²) in [5.74, 6) is 0. The van der Waals surface area contributed by atoms with E-state index in [-0.39, 0.29) is 16.1 Å². The molecule has 0 fully saturated rings. The average Bonchev–Trinajstić information content (AvgIpc) is 2.03. The van der Waals surface area contributed by atoms with Gasteiger partial charge in [0.15, 0.2) is 0 Å². The van der Waals surface area contributed by atoms with E-state index in [9.17, 15) is 12.6 Å². The van der Waals surface area contributed by atoms with Crippen LogP contribution in [0, 0.1) is 0 Å². The Labute approximate surface area is 73.9 Å². The van der Waals surface area contributed by atoms with E-state index in [0.29, 0.717) is 0 Å². The fourth-order valence-corrected chi connectivity index (χ4v) is 2.39. The van der Waals surface area contributed by atoms with Crippen molar-refractivity contribution >= 4 is 26.1 Å². The van der Waals surface area contributed by atoms with Crippen molar-refractivity contribution in [2.75, 3.05) is 0 Å². The molecule has 0 heterocycles. The Morgan fingerprint density at radius 2 is 2.08 bits per heavy atom. The van der Waals surface area contributed by atoms with Crippen molar-refractivity contribution in [1.29, 1.82) is 0 Å². The molecule has 1 rings (SSSR count). The van der Waals surface area contributed by atoms with E-state index < -0.39 is 15.3 Å². The summed E-state index contributed by atoms with van der Waals surface area (Å²) in [4.78, 5) is 0.208. The maximum atomic E-state index is 10.9. The van der Waals surface area contributed by atoms with Gasteiger partial charge in [-0.3, -0.25) is 0 Å². The van der Waals surface area contributed by atoms with Gasteiger partial charge in [-0.05, 0) is 6.08 Å². The first-order chi connectivity index (χ1) is 5.55. The Hall–Kier alpha value is -0.720. The van der Waals surface area contributed by atoms with Crippen molar-refractivity contribution in [3.8, 4) is 0 Å².